The van der Waals surface area contributed by atoms with Gasteiger partial charge in [-0.25, -0.2) is 9.18 Å². The second-order valence-corrected chi connectivity index (χ2v) is 7.09. The molecule has 0 aliphatic carbocycles. The van der Waals surface area contributed by atoms with Crippen molar-refractivity contribution in [3.05, 3.63) is 58.9 Å². The minimum Gasteiger partial charge on any atom is -0.494 e. The molecule has 0 bridgehead atoms. The normalized spacial score (nSPS) is 10.9. The second-order valence-electron chi connectivity index (χ2n) is 7.09. The van der Waals surface area contributed by atoms with Crippen LogP contribution in [0.25, 0.3) is 0 Å². The summed E-state index contributed by atoms with van der Waals surface area (Å²) in [6, 6.07) is 9.64. The fraction of sp³-hybridized carbons (Fsp3) is 0.364. The lowest BCUT2D eigenvalue weighted by Crippen LogP contribution is -2.22. The van der Waals surface area contributed by atoms with Gasteiger partial charge in [0.1, 0.15) is 0 Å². The Morgan fingerprint density at radius 3 is 2.14 bits per heavy atom. The molecule has 2 rings (SSSR count). The van der Waals surface area contributed by atoms with Gasteiger partial charge in [-0.3, -0.25) is 4.79 Å². The van der Waals surface area contributed by atoms with Crippen molar-refractivity contribution < 1.29 is 23.5 Å². The quantitative estimate of drug-likeness (QED) is 0.688. The molecule has 0 aliphatic heterocycles. The van der Waals surface area contributed by atoms with Gasteiger partial charge in [-0.15, -0.1) is 0 Å². The fourth-order valence-corrected chi connectivity index (χ4v) is 2.88. The molecule has 0 atom stereocenters. The van der Waals surface area contributed by atoms with Crippen LogP contribution in [0.4, 0.5) is 10.1 Å². The van der Waals surface area contributed by atoms with Crippen LogP contribution in [-0.4, -0.2) is 25.6 Å². The summed E-state index contributed by atoms with van der Waals surface area (Å²) in [4.78, 5) is 24.5. The summed E-state index contributed by atoms with van der Waals surface area (Å²) in [6.07, 6.45) is 0. The maximum absolute atomic E-state index is 13.7. The van der Waals surface area contributed by atoms with Crippen LogP contribution in [0, 0.1) is 5.82 Å². The van der Waals surface area contributed by atoms with Crippen molar-refractivity contribution >= 4 is 17.6 Å². The number of para-hydroxylation sites is 1. The highest BCUT2D eigenvalue weighted by atomic mass is 19.1. The summed E-state index contributed by atoms with van der Waals surface area (Å²) in [5, 5.41) is 2.87. The molecule has 0 fully saturated rings. The molecule has 2 aromatic carbocycles. The number of halogens is 1. The number of carbonyl (C=O) groups is 2. The second kappa shape index (κ2) is 9.35. The summed E-state index contributed by atoms with van der Waals surface area (Å²) in [5.74, 6) is -1.43. The molecule has 150 valence electrons. The number of esters is 1. The zero-order valence-electron chi connectivity index (χ0n) is 16.8. The van der Waals surface area contributed by atoms with E-state index in [1.807, 2.05) is 45.9 Å². The third-order valence-corrected chi connectivity index (χ3v) is 4.36. The van der Waals surface area contributed by atoms with Crippen LogP contribution < -0.4 is 10.1 Å². The number of benzene rings is 2. The molecule has 0 heterocycles. The van der Waals surface area contributed by atoms with Gasteiger partial charge in [0.25, 0.3) is 5.91 Å². The molecule has 0 unspecified atom stereocenters. The number of nitrogens with one attached hydrogen (secondary N) is 1. The summed E-state index contributed by atoms with van der Waals surface area (Å²) < 4.78 is 23.6. The van der Waals surface area contributed by atoms with Gasteiger partial charge in [-0.1, -0.05) is 45.9 Å². The van der Waals surface area contributed by atoms with Gasteiger partial charge in [0, 0.05) is 5.69 Å². The van der Waals surface area contributed by atoms with Gasteiger partial charge < -0.3 is 14.8 Å². The molecule has 0 aliphatic rings. The monoisotopic (exact) mass is 387 g/mol. The van der Waals surface area contributed by atoms with Gasteiger partial charge in [-0.2, -0.15) is 0 Å². The maximum atomic E-state index is 13.7. The molecule has 1 amide bonds. The Kier molecular flexibility index (Phi) is 7.15. The number of rotatable bonds is 7. The molecule has 1 N–H and O–H groups in total. The van der Waals surface area contributed by atoms with Gasteiger partial charge in [0.15, 0.2) is 18.2 Å². The van der Waals surface area contributed by atoms with E-state index in [0.29, 0.717) is 0 Å². The van der Waals surface area contributed by atoms with Crippen LogP contribution in [0.3, 0.4) is 0 Å². The minimum atomic E-state index is -0.780. The zero-order chi connectivity index (χ0) is 20.8. The molecule has 0 saturated carbocycles. The standard InChI is InChI=1S/C22H26FNO4/c1-13(2)16-7-6-8-17(14(3)4)21(16)24-20(25)12-28-22(26)15-9-10-19(27-5)18(23)11-15/h6-11,13-14H,12H2,1-5H3,(H,24,25). The van der Waals surface area contributed by atoms with Crippen molar-refractivity contribution in [2.45, 2.75) is 39.5 Å². The van der Waals surface area contributed by atoms with E-state index in [2.05, 4.69) is 5.32 Å². The first kappa shape index (κ1) is 21.4. The van der Waals surface area contributed by atoms with Crippen LogP contribution in [0.1, 0.15) is 61.0 Å². The van der Waals surface area contributed by atoms with E-state index >= 15 is 0 Å². The summed E-state index contributed by atoms with van der Waals surface area (Å²) >= 11 is 0. The van der Waals surface area contributed by atoms with Gasteiger partial charge in [0.05, 0.1) is 12.7 Å². The Bertz CT molecular complexity index is 835. The predicted molar refractivity (Wildman–Crippen MR) is 106 cm³/mol. The van der Waals surface area contributed by atoms with Crippen molar-refractivity contribution in [3.63, 3.8) is 0 Å². The predicted octanol–water partition coefficient (Wildman–Crippen LogP) is 4.88. The Morgan fingerprint density at radius 2 is 1.64 bits per heavy atom. The molecule has 6 heteroatoms. The van der Waals surface area contributed by atoms with Gasteiger partial charge in [0.2, 0.25) is 0 Å². The van der Waals surface area contributed by atoms with E-state index in [0.717, 1.165) is 22.9 Å². The number of hydrogen-bond acceptors (Lipinski definition) is 4. The molecular formula is C22H26FNO4. The topological polar surface area (TPSA) is 64.6 Å². The van der Waals surface area contributed by atoms with Gasteiger partial charge >= 0.3 is 5.97 Å². The zero-order valence-corrected chi connectivity index (χ0v) is 16.8. The van der Waals surface area contributed by atoms with Crippen LogP contribution in [0.15, 0.2) is 36.4 Å². The third-order valence-electron chi connectivity index (χ3n) is 4.36. The highest BCUT2D eigenvalue weighted by Gasteiger charge is 2.18. The molecule has 5 nitrogen and oxygen atoms in total. The Hall–Kier alpha value is -2.89. The van der Waals surface area contributed by atoms with Crippen molar-refractivity contribution in [2.75, 3.05) is 19.0 Å². The number of hydrogen-bond donors (Lipinski definition) is 1. The van der Waals surface area contributed by atoms with E-state index in [1.54, 1.807) is 0 Å². The average molecular weight is 387 g/mol. The smallest absolute Gasteiger partial charge is 0.338 e. The van der Waals surface area contributed by atoms with E-state index in [1.165, 1.54) is 19.2 Å². The highest BCUT2D eigenvalue weighted by Crippen LogP contribution is 2.32. The highest BCUT2D eigenvalue weighted by molar-refractivity contribution is 5.96. The van der Waals surface area contributed by atoms with Crippen molar-refractivity contribution in [3.8, 4) is 5.75 Å². The van der Waals surface area contributed by atoms with E-state index in [9.17, 15) is 14.0 Å². The average Bonchev–Trinajstić information content (AvgIpc) is 2.65. The summed E-state index contributed by atoms with van der Waals surface area (Å²) in [7, 11) is 1.33. The lowest BCUT2D eigenvalue weighted by molar-refractivity contribution is -0.119. The van der Waals surface area contributed by atoms with Crippen LogP contribution in [0.2, 0.25) is 0 Å². The minimum absolute atomic E-state index is 0.0107. The van der Waals surface area contributed by atoms with Crippen molar-refractivity contribution in [1.82, 2.24) is 0 Å². The first-order valence-corrected chi connectivity index (χ1v) is 9.17. The number of anilines is 1. The molecule has 28 heavy (non-hydrogen) atoms. The van der Waals surface area contributed by atoms with E-state index in [-0.39, 0.29) is 23.1 Å². The summed E-state index contributed by atoms with van der Waals surface area (Å²) in [6.45, 7) is 7.73. The SMILES string of the molecule is COc1ccc(C(=O)OCC(=O)Nc2c(C(C)C)cccc2C(C)C)cc1F. The maximum Gasteiger partial charge on any atom is 0.338 e. The van der Waals surface area contributed by atoms with Crippen LogP contribution in [-0.2, 0) is 9.53 Å². The number of ether oxygens (including phenoxy) is 2. The third kappa shape index (κ3) is 5.09. The van der Waals surface area contributed by atoms with Gasteiger partial charge in [-0.05, 0) is 41.2 Å². The molecule has 0 aromatic heterocycles. The summed E-state index contributed by atoms with van der Waals surface area (Å²) in [5.41, 5.74) is 2.80. The molecule has 0 spiro atoms. The fourth-order valence-electron chi connectivity index (χ4n) is 2.88. The first-order chi connectivity index (χ1) is 13.2. The lowest BCUT2D eigenvalue weighted by Gasteiger charge is -2.20. The van der Waals surface area contributed by atoms with Crippen LogP contribution >= 0.6 is 0 Å². The van der Waals surface area contributed by atoms with Crippen LogP contribution in [0.5, 0.6) is 5.75 Å². The largest absolute Gasteiger partial charge is 0.494 e. The molecule has 2 aromatic rings. The Labute approximate surface area is 164 Å². The Morgan fingerprint density at radius 1 is 1.04 bits per heavy atom. The number of methoxy groups -OCH3 is 1. The number of carbonyl (C=O) groups excluding carboxylic acids is 2. The van der Waals surface area contributed by atoms with Crippen molar-refractivity contribution in [1.29, 1.82) is 0 Å². The van der Waals surface area contributed by atoms with E-state index < -0.39 is 24.3 Å². The molecule has 0 radical (unpaired) electrons. The molecular weight excluding hydrogens is 361 g/mol. The molecule has 0 saturated heterocycles. The van der Waals surface area contributed by atoms with Crippen molar-refractivity contribution in [2.24, 2.45) is 0 Å². The lowest BCUT2D eigenvalue weighted by atomic mass is 9.92. The number of amides is 1. The van der Waals surface area contributed by atoms with E-state index in [4.69, 9.17) is 9.47 Å². The Balaban J connectivity index is 2.09. The first-order valence-electron chi connectivity index (χ1n) is 9.17.